The molecule has 0 spiro atoms. The summed E-state index contributed by atoms with van der Waals surface area (Å²) < 4.78 is 11.4. The molecular weight excluding hydrogens is 318 g/mol. The second-order valence-electron chi connectivity index (χ2n) is 5.28. The number of carbonyl (C=O) groups is 1. The summed E-state index contributed by atoms with van der Waals surface area (Å²) in [7, 11) is 0. The third-order valence-electron chi connectivity index (χ3n) is 3.33. The molecule has 1 aromatic carbocycles. The zero-order valence-corrected chi connectivity index (χ0v) is 14.6. The molecule has 0 unspecified atom stereocenters. The summed E-state index contributed by atoms with van der Waals surface area (Å²) in [5.74, 6) is 1.07. The lowest BCUT2D eigenvalue weighted by atomic mass is 10.2. The van der Waals surface area contributed by atoms with Crippen LogP contribution in [0.4, 0.5) is 0 Å². The molecule has 1 N–H and O–H groups in total. The first kappa shape index (κ1) is 18.4. The van der Waals surface area contributed by atoms with Crippen molar-refractivity contribution in [3.63, 3.8) is 0 Å². The van der Waals surface area contributed by atoms with Crippen molar-refractivity contribution in [3.05, 3.63) is 53.9 Å². The number of nitrogens with one attached hydrogen (secondary N) is 1. The van der Waals surface area contributed by atoms with Gasteiger partial charge in [-0.3, -0.25) is 9.78 Å². The van der Waals surface area contributed by atoms with Crippen LogP contribution in [0.2, 0.25) is 0 Å². The molecule has 2 rings (SSSR count). The average Bonchev–Trinajstić information content (AvgIpc) is 2.64. The van der Waals surface area contributed by atoms with Gasteiger partial charge >= 0.3 is 0 Å². The van der Waals surface area contributed by atoms with E-state index in [1.54, 1.807) is 24.5 Å². The molecule has 0 fully saturated rings. The fraction of sp³-hybridized carbons (Fsp3) is 0.316. The van der Waals surface area contributed by atoms with E-state index >= 15 is 0 Å². The molecule has 0 aliphatic carbocycles. The largest absolute Gasteiger partial charge is 0.490 e. The van der Waals surface area contributed by atoms with E-state index in [1.165, 1.54) is 6.20 Å². The van der Waals surface area contributed by atoms with Crippen LogP contribution < -0.4 is 14.9 Å². The highest BCUT2D eigenvalue weighted by molar-refractivity contribution is 5.94. The second-order valence-corrected chi connectivity index (χ2v) is 5.28. The number of ether oxygens (including phenoxy) is 2. The smallest absolute Gasteiger partial charge is 0.272 e. The van der Waals surface area contributed by atoms with Gasteiger partial charge in [-0.05, 0) is 49.2 Å². The van der Waals surface area contributed by atoms with E-state index in [9.17, 15) is 4.79 Å². The molecule has 2 aromatic rings. The molecule has 0 aliphatic heterocycles. The predicted molar refractivity (Wildman–Crippen MR) is 97.3 cm³/mol. The van der Waals surface area contributed by atoms with Crippen LogP contribution in [0.5, 0.6) is 11.5 Å². The third-order valence-corrected chi connectivity index (χ3v) is 3.33. The number of hydrazone groups is 1. The molecule has 0 bridgehead atoms. The molecule has 0 atom stereocenters. The molecule has 1 heterocycles. The van der Waals surface area contributed by atoms with Crippen molar-refractivity contribution in [2.75, 3.05) is 13.2 Å². The minimum absolute atomic E-state index is 0.311. The average molecular weight is 341 g/mol. The van der Waals surface area contributed by atoms with Crippen LogP contribution in [0.1, 0.15) is 42.6 Å². The van der Waals surface area contributed by atoms with E-state index in [4.69, 9.17) is 9.47 Å². The number of rotatable bonds is 9. The van der Waals surface area contributed by atoms with E-state index in [1.807, 2.05) is 25.1 Å². The van der Waals surface area contributed by atoms with Crippen molar-refractivity contribution in [1.82, 2.24) is 10.4 Å². The van der Waals surface area contributed by atoms with Crippen molar-refractivity contribution in [1.29, 1.82) is 0 Å². The number of unbranched alkanes of at least 4 members (excludes halogenated alkanes) is 1. The van der Waals surface area contributed by atoms with Crippen LogP contribution in [0.25, 0.3) is 0 Å². The molecule has 132 valence electrons. The molecule has 0 saturated heterocycles. The summed E-state index contributed by atoms with van der Waals surface area (Å²) >= 11 is 0. The summed E-state index contributed by atoms with van der Waals surface area (Å²) in [5, 5.41) is 3.98. The van der Waals surface area contributed by atoms with Crippen LogP contribution in [-0.4, -0.2) is 30.3 Å². The van der Waals surface area contributed by atoms with Gasteiger partial charge in [-0.25, -0.2) is 5.43 Å². The van der Waals surface area contributed by atoms with Gasteiger partial charge < -0.3 is 9.47 Å². The van der Waals surface area contributed by atoms with Crippen molar-refractivity contribution in [3.8, 4) is 11.5 Å². The monoisotopic (exact) mass is 341 g/mol. The fourth-order valence-electron chi connectivity index (χ4n) is 2.05. The maximum absolute atomic E-state index is 11.9. The number of pyridine rings is 1. The predicted octanol–water partition coefficient (Wildman–Crippen LogP) is 3.42. The van der Waals surface area contributed by atoms with Crippen LogP contribution in [-0.2, 0) is 0 Å². The van der Waals surface area contributed by atoms with Gasteiger partial charge in [-0.2, -0.15) is 5.10 Å². The van der Waals surface area contributed by atoms with E-state index in [0.717, 1.165) is 18.4 Å². The Morgan fingerprint density at radius 1 is 1.24 bits per heavy atom. The highest BCUT2D eigenvalue weighted by Gasteiger charge is 2.06. The van der Waals surface area contributed by atoms with Crippen LogP contribution in [0, 0.1) is 0 Å². The van der Waals surface area contributed by atoms with Crippen molar-refractivity contribution < 1.29 is 14.3 Å². The number of hydrogen-bond donors (Lipinski definition) is 1. The Balaban J connectivity index is 2.01. The second kappa shape index (κ2) is 10.1. The summed E-state index contributed by atoms with van der Waals surface area (Å²) in [4.78, 5) is 15.8. The molecule has 0 radical (unpaired) electrons. The summed E-state index contributed by atoms with van der Waals surface area (Å²) in [6.45, 7) is 5.24. The lowest BCUT2D eigenvalue weighted by Crippen LogP contribution is -2.17. The molecule has 25 heavy (non-hydrogen) atoms. The van der Waals surface area contributed by atoms with Crippen molar-refractivity contribution in [2.24, 2.45) is 5.10 Å². The molecule has 1 aromatic heterocycles. The SMILES string of the molecule is CCCCOc1ccc(C=NNC(=O)c2cccnc2)cc1OCC. The van der Waals surface area contributed by atoms with Crippen molar-refractivity contribution >= 4 is 12.1 Å². The molecule has 0 aliphatic rings. The topological polar surface area (TPSA) is 72.8 Å². The maximum Gasteiger partial charge on any atom is 0.272 e. The van der Waals surface area contributed by atoms with E-state index in [0.29, 0.717) is 30.3 Å². The Labute approximate surface area is 147 Å². The fourth-order valence-corrected chi connectivity index (χ4v) is 2.05. The highest BCUT2D eigenvalue weighted by atomic mass is 16.5. The van der Waals surface area contributed by atoms with Gasteiger partial charge in [0.05, 0.1) is 25.0 Å². The van der Waals surface area contributed by atoms with Crippen LogP contribution in [0.15, 0.2) is 47.8 Å². The Morgan fingerprint density at radius 3 is 2.84 bits per heavy atom. The van der Waals surface area contributed by atoms with Gasteiger partial charge in [0.2, 0.25) is 0 Å². The highest BCUT2D eigenvalue weighted by Crippen LogP contribution is 2.28. The van der Waals surface area contributed by atoms with Gasteiger partial charge in [0.15, 0.2) is 11.5 Å². The molecule has 1 amide bonds. The number of hydrogen-bond acceptors (Lipinski definition) is 5. The van der Waals surface area contributed by atoms with Crippen LogP contribution >= 0.6 is 0 Å². The Morgan fingerprint density at radius 2 is 2.12 bits per heavy atom. The van der Waals surface area contributed by atoms with Gasteiger partial charge in [0.1, 0.15) is 0 Å². The molecular formula is C19H23N3O3. The number of amides is 1. The third kappa shape index (κ3) is 5.91. The van der Waals surface area contributed by atoms with E-state index in [2.05, 4.69) is 22.4 Å². The quantitative estimate of drug-likeness (QED) is 0.431. The number of aromatic nitrogens is 1. The van der Waals surface area contributed by atoms with Gasteiger partial charge in [-0.15, -0.1) is 0 Å². The first-order valence-corrected chi connectivity index (χ1v) is 8.37. The zero-order valence-electron chi connectivity index (χ0n) is 14.6. The first-order valence-electron chi connectivity index (χ1n) is 8.37. The minimum Gasteiger partial charge on any atom is -0.490 e. The normalized spacial score (nSPS) is 10.6. The minimum atomic E-state index is -0.311. The zero-order chi connectivity index (χ0) is 17.9. The standard InChI is InChI=1S/C19H23N3O3/c1-3-5-11-25-17-9-8-15(12-18(17)24-4-2)13-21-22-19(23)16-7-6-10-20-14-16/h6-10,12-14H,3-5,11H2,1-2H3,(H,22,23). The molecule has 6 heteroatoms. The lowest BCUT2D eigenvalue weighted by molar-refractivity contribution is 0.0955. The van der Waals surface area contributed by atoms with Crippen molar-refractivity contribution in [2.45, 2.75) is 26.7 Å². The number of carbonyl (C=O) groups excluding carboxylic acids is 1. The van der Waals surface area contributed by atoms with Gasteiger partial charge in [0.25, 0.3) is 5.91 Å². The summed E-state index contributed by atoms with van der Waals surface area (Å²) in [6.07, 6.45) is 6.73. The van der Waals surface area contributed by atoms with E-state index in [-0.39, 0.29) is 5.91 Å². The summed E-state index contributed by atoms with van der Waals surface area (Å²) in [6, 6.07) is 8.93. The molecule has 6 nitrogen and oxygen atoms in total. The van der Waals surface area contributed by atoms with Crippen LogP contribution in [0.3, 0.4) is 0 Å². The Hall–Kier alpha value is -2.89. The Kier molecular flexibility index (Phi) is 7.43. The van der Waals surface area contributed by atoms with Gasteiger partial charge in [0, 0.05) is 12.4 Å². The number of benzene rings is 1. The lowest BCUT2D eigenvalue weighted by Gasteiger charge is -2.12. The van der Waals surface area contributed by atoms with E-state index < -0.39 is 0 Å². The summed E-state index contributed by atoms with van der Waals surface area (Å²) in [5.41, 5.74) is 3.73. The first-order chi connectivity index (χ1) is 12.2. The van der Waals surface area contributed by atoms with Gasteiger partial charge in [-0.1, -0.05) is 13.3 Å². The maximum atomic E-state index is 11.9. The Bertz CT molecular complexity index is 702. The molecule has 0 saturated carbocycles. The number of nitrogens with zero attached hydrogens (tertiary/aromatic N) is 2.